The van der Waals surface area contributed by atoms with E-state index in [0.29, 0.717) is 24.8 Å². The Morgan fingerprint density at radius 3 is 2.63 bits per heavy atom. The minimum Gasteiger partial charge on any atom is -0.376 e. The van der Waals surface area contributed by atoms with Gasteiger partial charge in [-0.2, -0.15) is 0 Å². The highest BCUT2D eigenvalue weighted by atomic mass is 32.2. The zero-order valence-electron chi connectivity index (χ0n) is 17.5. The number of sulfonamides is 1. The molecular weight excluding hydrogens is 400 g/mol. The molecule has 1 aliphatic rings. The molecule has 0 saturated carbocycles. The molecule has 1 unspecified atom stereocenters. The second-order valence-electron chi connectivity index (χ2n) is 7.53. The Morgan fingerprint density at radius 1 is 1.17 bits per heavy atom. The molecule has 8 heteroatoms. The van der Waals surface area contributed by atoms with Crippen LogP contribution in [-0.4, -0.2) is 52.3 Å². The van der Waals surface area contributed by atoms with E-state index in [4.69, 9.17) is 4.74 Å². The highest BCUT2D eigenvalue weighted by molar-refractivity contribution is 7.92. The van der Waals surface area contributed by atoms with Gasteiger partial charge in [-0.3, -0.25) is 9.71 Å². The number of hydrogen-bond donors (Lipinski definition) is 2. The molecule has 0 bridgehead atoms. The summed E-state index contributed by atoms with van der Waals surface area (Å²) in [7, 11) is -1.56. The van der Waals surface area contributed by atoms with Gasteiger partial charge in [0.15, 0.2) is 5.96 Å². The summed E-state index contributed by atoms with van der Waals surface area (Å²) in [6.45, 7) is 3.65. The molecule has 0 spiro atoms. The van der Waals surface area contributed by atoms with Crippen LogP contribution in [-0.2, 0) is 27.9 Å². The van der Waals surface area contributed by atoms with E-state index >= 15 is 0 Å². The number of benzene rings is 2. The second-order valence-corrected chi connectivity index (χ2v) is 9.28. The number of para-hydroxylation sites is 1. The Labute approximate surface area is 179 Å². The summed E-state index contributed by atoms with van der Waals surface area (Å²) < 4.78 is 31.7. The molecule has 1 saturated heterocycles. The standard InChI is InChI=1S/C22H30N4O3S/c1-23-22(24-14-20-10-6-7-11-21(20)25-30(2,27)28)26-13-12-19(15-26)17-29-16-18-8-4-3-5-9-18/h3-11,19,25H,12-17H2,1-2H3,(H,23,24). The lowest BCUT2D eigenvalue weighted by molar-refractivity contribution is 0.0906. The Balaban J connectivity index is 1.49. The van der Waals surface area contributed by atoms with Crippen LogP contribution < -0.4 is 10.0 Å². The molecular formula is C22H30N4O3S. The monoisotopic (exact) mass is 430 g/mol. The summed E-state index contributed by atoms with van der Waals surface area (Å²) in [4.78, 5) is 6.63. The maximum Gasteiger partial charge on any atom is 0.229 e. The first-order valence-electron chi connectivity index (χ1n) is 10.1. The quantitative estimate of drug-likeness (QED) is 0.497. The van der Waals surface area contributed by atoms with Gasteiger partial charge in [0.2, 0.25) is 10.0 Å². The molecule has 2 aromatic rings. The summed E-state index contributed by atoms with van der Waals surface area (Å²) in [6.07, 6.45) is 2.21. The fourth-order valence-electron chi connectivity index (χ4n) is 3.56. The van der Waals surface area contributed by atoms with E-state index in [9.17, 15) is 8.42 Å². The lowest BCUT2D eigenvalue weighted by Gasteiger charge is -2.22. The van der Waals surface area contributed by atoms with Crippen molar-refractivity contribution in [3.05, 3.63) is 65.7 Å². The van der Waals surface area contributed by atoms with Crippen LogP contribution in [0.15, 0.2) is 59.6 Å². The van der Waals surface area contributed by atoms with E-state index in [1.165, 1.54) is 5.56 Å². The van der Waals surface area contributed by atoms with Crippen LogP contribution in [0.5, 0.6) is 0 Å². The third kappa shape index (κ3) is 6.74. The predicted octanol–water partition coefficient (Wildman–Crippen LogP) is 2.67. The Kier molecular flexibility index (Phi) is 7.70. The third-order valence-electron chi connectivity index (χ3n) is 5.01. The van der Waals surface area contributed by atoms with E-state index in [1.54, 1.807) is 13.1 Å². The van der Waals surface area contributed by atoms with Gasteiger partial charge in [-0.25, -0.2) is 8.42 Å². The number of anilines is 1. The molecule has 0 radical (unpaired) electrons. The number of rotatable bonds is 8. The molecule has 1 aliphatic heterocycles. The smallest absolute Gasteiger partial charge is 0.229 e. The van der Waals surface area contributed by atoms with Crippen molar-refractivity contribution >= 4 is 21.7 Å². The molecule has 3 rings (SSSR count). The molecule has 0 amide bonds. The van der Waals surface area contributed by atoms with Crippen molar-refractivity contribution in [3.8, 4) is 0 Å². The molecule has 2 N–H and O–H groups in total. The number of nitrogens with one attached hydrogen (secondary N) is 2. The van der Waals surface area contributed by atoms with Crippen LogP contribution in [0.25, 0.3) is 0 Å². The molecule has 2 aromatic carbocycles. The topological polar surface area (TPSA) is 83.0 Å². The van der Waals surface area contributed by atoms with Crippen molar-refractivity contribution in [1.29, 1.82) is 0 Å². The highest BCUT2D eigenvalue weighted by Crippen LogP contribution is 2.19. The van der Waals surface area contributed by atoms with Gasteiger partial charge in [0.1, 0.15) is 0 Å². The van der Waals surface area contributed by atoms with Gasteiger partial charge in [-0.1, -0.05) is 48.5 Å². The second kappa shape index (κ2) is 10.4. The summed E-state index contributed by atoms with van der Waals surface area (Å²) in [5.74, 6) is 1.28. The van der Waals surface area contributed by atoms with Crippen LogP contribution in [0.4, 0.5) is 5.69 Å². The normalized spacial score (nSPS) is 17.2. The van der Waals surface area contributed by atoms with Gasteiger partial charge >= 0.3 is 0 Å². The van der Waals surface area contributed by atoms with Gasteiger partial charge in [0.25, 0.3) is 0 Å². The molecule has 7 nitrogen and oxygen atoms in total. The molecule has 162 valence electrons. The van der Waals surface area contributed by atoms with Crippen LogP contribution in [0.2, 0.25) is 0 Å². The van der Waals surface area contributed by atoms with Gasteiger partial charge in [-0.15, -0.1) is 0 Å². The van der Waals surface area contributed by atoms with Crippen LogP contribution in [0.3, 0.4) is 0 Å². The number of ether oxygens (including phenoxy) is 1. The highest BCUT2D eigenvalue weighted by Gasteiger charge is 2.25. The van der Waals surface area contributed by atoms with Crippen molar-refractivity contribution < 1.29 is 13.2 Å². The third-order valence-corrected chi connectivity index (χ3v) is 5.60. The molecule has 30 heavy (non-hydrogen) atoms. The lowest BCUT2D eigenvalue weighted by Crippen LogP contribution is -2.40. The van der Waals surface area contributed by atoms with E-state index in [1.807, 2.05) is 36.4 Å². The van der Waals surface area contributed by atoms with Crippen LogP contribution in [0, 0.1) is 5.92 Å². The number of hydrogen-bond acceptors (Lipinski definition) is 4. The molecule has 0 aliphatic carbocycles. The fraction of sp³-hybridized carbons (Fsp3) is 0.409. The van der Waals surface area contributed by atoms with E-state index in [2.05, 4.69) is 32.1 Å². The predicted molar refractivity (Wildman–Crippen MR) is 121 cm³/mol. The first-order chi connectivity index (χ1) is 14.4. The molecule has 1 fully saturated rings. The Morgan fingerprint density at radius 2 is 1.90 bits per heavy atom. The minimum atomic E-state index is -3.33. The zero-order chi connectivity index (χ0) is 21.4. The molecule has 1 atom stereocenters. The first-order valence-corrected chi connectivity index (χ1v) is 12.0. The van der Waals surface area contributed by atoms with E-state index in [0.717, 1.165) is 43.9 Å². The average molecular weight is 431 g/mol. The summed E-state index contributed by atoms with van der Waals surface area (Å²) >= 11 is 0. The van der Waals surface area contributed by atoms with Gasteiger partial charge < -0.3 is 15.0 Å². The first kappa shape index (κ1) is 22.1. The van der Waals surface area contributed by atoms with Gasteiger partial charge in [0, 0.05) is 32.6 Å². The van der Waals surface area contributed by atoms with Gasteiger partial charge in [-0.05, 0) is 23.6 Å². The lowest BCUT2D eigenvalue weighted by atomic mass is 10.1. The minimum absolute atomic E-state index is 0.464. The maximum atomic E-state index is 11.6. The van der Waals surface area contributed by atoms with Crippen molar-refractivity contribution in [3.63, 3.8) is 0 Å². The van der Waals surface area contributed by atoms with Crippen molar-refractivity contribution in [2.75, 3.05) is 37.7 Å². The summed E-state index contributed by atoms with van der Waals surface area (Å²) in [5, 5.41) is 3.36. The number of nitrogens with zero attached hydrogens (tertiary/aromatic N) is 2. The Bertz CT molecular complexity index is 948. The van der Waals surface area contributed by atoms with Crippen molar-refractivity contribution in [2.45, 2.75) is 19.6 Å². The van der Waals surface area contributed by atoms with Crippen molar-refractivity contribution in [1.82, 2.24) is 10.2 Å². The number of guanidine groups is 1. The van der Waals surface area contributed by atoms with Crippen LogP contribution >= 0.6 is 0 Å². The average Bonchev–Trinajstić information content (AvgIpc) is 3.18. The van der Waals surface area contributed by atoms with E-state index in [-0.39, 0.29) is 0 Å². The van der Waals surface area contributed by atoms with Gasteiger partial charge in [0.05, 0.1) is 25.2 Å². The molecule has 0 aromatic heterocycles. The maximum absolute atomic E-state index is 11.6. The van der Waals surface area contributed by atoms with Crippen molar-refractivity contribution in [2.24, 2.45) is 10.9 Å². The Hall–Kier alpha value is -2.58. The SMILES string of the molecule is CN=C(NCc1ccccc1NS(C)(=O)=O)N1CCC(COCc2ccccc2)C1. The summed E-state index contributed by atoms with van der Waals surface area (Å²) in [6, 6.07) is 17.6. The largest absolute Gasteiger partial charge is 0.376 e. The number of aliphatic imine (C=N–C) groups is 1. The fourth-order valence-corrected chi connectivity index (χ4v) is 4.16. The van der Waals surface area contributed by atoms with E-state index < -0.39 is 10.0 Å². The summed E-state index contributed by atoms with van der Waals surface area (Å²) in [5.41, 5.74) is 2.63. The number of likely N-dealkylation sites (tertiary alicyclic amines) is 1. The zero-order valence-corrected chi connectivity index (χ0v) is 18.4. The molecule has 1 heterocycles. The van der Waals surface area contributed by atoms with Crippen LogP contribution in [0.1, 0.15) is 17.5 Å².